The average Bonchev–Trinajstić information content (AvgIpc) is 2.65. The third-order valence-electron chi connectivity index (χ3n) is 5.52. The van der Waals surface area contributed by atoms with Crippen LogP contribution in [-0.4, -0.2) is 12.1 Å². The summed E-state index contributed by atoms with van der Waals surface area (Å²) in [5, 5.41) is 0. The number of aliphatic imine (C=N–C) groups is 1. The van der Waals surface area contributed by atoms with Crippen molar-refractivity contribution < 1.29 is 4.79 Å². The first-order valence-electron chi connectivity index (χ1n) is 11.9. The Hall–Kier alpha value is -0.620. The van der Waals surface area contributed by atoms with Gasteiger partial charge in [-0.25, -0.2) is 9.79 Å². The zero-order chi connectivity index (χ0) is 19.1. The standard InChI is InChI=1S/C24H47NO/c1-3-5-7-9-11-12-13-14-16-18-20-22-24(25-23-26)21-19-17-15-10-8-6-4-2/h24H,3-22H2,1-2H3. The van der Waals surface area contributed by atoms with E-state index in [1.54, 1.807) is 6.08 Å². The van der Waals surface area contributed by atoms with E-state index in [4.69, 9.17) is 0 Å². The molecule has 0 aliphatic carbocycles. The maximum absolute atomic E-state index is 10.6. The van der Waals surface area contributed by atoms with Gasteiger partial charge in [0.25, 0.3) is 0 Å². The Kier molecular flexibility index (Phi) is 21.9. The second-order valence-corrected chi connectivity index (χ2v) is 8.11. The van der Waals surface area contributed by atoms with Gasteiger partial charge < -0.3 is 0 Å². The van der Waals surface area contributed by atoms with Crippen LogP contribution in [0.25, 0.3) is 0 Å². The molecular weight excluding hydrogens is 318 g/mol. The summed E-state index contributed by atoms with van der Waals surface area (Å²) in [5.41, 5.74) is 0. The van der Waals surface area contributed by atoms with Crippen molar-refractivity contribution in [1.82, 2.24) is 0 Å². The van der Waals surface area contributed by atoms with Crippen molar-refractivity contribution in [1.29, 1.82) is 0 Å². The molecule has 0 heterocycles. The molecular formula is C24H47NO. The summed E-state index contributed by atoms with van der Waals surface area (Å²) >= 11 is 0. The molecule has 1 atom stereocenters. The predicted molar refractivity (Wildman–Crippen MR) is 116 cm³/mol. The van der Waals surface area contributed by atoms with Crippen molar-refractivity contribution in [3.8, 4) is 0 Å². The molecule has 0 bridgehead atoms. The first-order valence-corrected chi connectivity index (χ1v) is 11.9. The van der Waals surface area contributed by atoms with Crippen LogP contribution in [0.15, 0.2) is 4.99 Å². The van der Waals surface area contributed by atoms with Crippen LogP contribution in [-0.2, 0) is 4.79 Å². The molecule has 0 radical (unpaired) electrons. The molecule has 0 spiro atoms. The molecule has 1 unspecified atom stereocenters. The number of unbranched alkanes of at least 4 members (excludes halogenated alkanes) is 16. The number of hydrogen-bond donors (Lipinski definition) is 0. The Morgan fingerprint density at radius 1 is 0.538 bits per heavy atom. The molecule has 0 saturated heterocycles. The van der Waals surface area contributed by atoms with Gasteiger partial charge in [-0.2, -0.15) is 0 Å². The summed E-state index contributed by atoms with van der Waals surface area (Å²) in [7, 11) is 0. The highest BCUT2D eigenvalue weighted by atomic mass is 16.1. The lowest BCUT2D eigenvalue weighted by Gasteiger charge is -2.10. The van der Waals surface area contributed by atoms with Crippen LogP contribution in [0.3, 0.4) is 0 Å². The van der Waals surface area contributed by atoms with Gasteiger partial charge in [0.05, 0.1) is 6.04 Å². The summed E-state index contributed by atoms with van der Waals surface area (Å²) in [5.74, 6) is 0. The summed E-state index contributed by atoms with van der Waals surface area (Å²) in [6.07, 6.45) is 28.4. The molecule has 0 fully saturated rings. The fourth-order valence-electron chi connectivity index (χ4n) is 3.73. The quantitative estimate of drug-likeness (QED) is 0.114. The molecule has 0 aromatic carbocycles. The second-order valence-electron chi connectivity index (χ2n) is 8.11. The Morgan fingerprint density at radius 2 is 0.846 bits per heavy atom. The van der Waals surface area contributed by atoms with Gasteiger partial charge in [-0.05, 0) is 12.8 Å². The highest BCUT2D eigenvalue weighted by Crippen LogP contribution is 2.17. The number of carbonyl (C=O) groups excluding carboxylic acids is 1. The molecule has 0 N–H and O–H groups in total. The van der Waals surface area contributed by atoms with Crippen molar-refractivity contribution in [2.75, 3.05) is 0 Å². The van der Waals surface area contributed by atoms with Gasteiger partial charge in [0.1, 0.15) is 0 Å². The molecule has 0 aliphatic heterocycles. The van der Waals surface area contributed by atoms with E-state index in [9.17, 15) is 4.79 Å². The van der Waals surface area contributed by atoms with E-state index in [2.05, 4.69) is 18.8 Å². The maximum Gasteiger partial charge on any atom is 0.235 e. The monoisotopic (exact) mass is 365 g/mol. The van der Waals surface area contributed by atoms with Crippen molar-refractivity contribution in [3.05, 3.63) is 0 Å². The summed E-state index contributed by atoms with van der Waals surface area (Å²) < 4.78 is 0. The molecule has 26 heavy (non-hydrogen) atoms. The number of nitrogens with zero attached hydrogens (tertiary/aromatic N) is 1. The lowest BCUT2D eigenvalue weighted by molar-refractivity contribution is 0.476. The molecule has 0 aliphatic rings. The number of rotatable bonds is 21. The van der Waals surface area contributed by atoms with Crippen LogP contribution in [0.1, 0.15) is 142 Å². The molecule has 0 saturated carbocycles. The van der Waals surface area contributed by atoms with Gasteiger partial charge in [0, 0.05) is 0 Å². The Morgan fingerprint density at radius 3 is 1.15 bits per heavy atom. The van der Waals surface area contributed by atoms with Crippen LogP contribution in [0.4, 0.5) is 0 Å². The number of isocyanates is 1. The van der Waals surface area contributed by atoms with Crippen molar-refractivity contribution in [3.63, 3.8) is 0 Å². The SMILES string of the molecule is CCCCCCCCCCCCCC(CCCCCCCCC)N=C=O. The summed E-state index contributed by atoms with van der Waals surface area (Å²) in [4.78, 5) is 14.7. The molecule has 0 rings (SSSR count). The highest BCUT2D eigenvalue weighted by molar-refractivity contribution is 5.33. The Balaban J connectivity index is 3.44. The van der Waals surface area contributed by atoms with Gasteiger partial charge >= 0.3 is 0 Å². The average molecular weight is 366 g/mol. The van der Waals surface area contributed by atoms with Gasteiger partial charge in [0.15, 0.2) is 0 Å². The smallest absolute Gasteiger partial charge is 0.211 e. The first kappa shape index (κ1) is 25.4. The van der Waals surface area contributed by atoms with E-state index < -0.39 is 0 Å². The normalized spacial score (nSPS) is 12.1. The zero-order valence-corrected chi connectivity index (χ0v) is 18.1. The Bertz CT molecular complexity index is 309. The van der Waals surface area contributed by atoms with E-state index in [0.717, 1.165) is 12.8 Å². The van der Waals surface area contributed by atoms with Crippen LogP contribution in [0.5, 0.6) is 0 Å². The first-order chi connectivity index (χ1) is 12.8. The van der Waals surface area contributed by atoms with Crippen molar-refractivity contribution in [2.45, 2.75) is 148 Å². The van der Waals surface area contributed by atoms with E-state index in [-0.39, 0.29) is 6.04 Å². The third-order valence-corrected chi connectivity index (χ3v) is 5.52. The van der Waals surface area contributed by atoms with Crippen LogP contribution >= 0.6 is 0 Å². The third kappa shape index (κ3) is 19.7. The van der Waals surface area contributed by atoms with Gasteiger partial charge in [-0.15, -0.1) is 0 Å². The predicted octanol–water partition coefficient (Wildman–Crippen LogP) is 8.53. The minimum atomic E-state index is 0.238. The Labute approximate surface area is 164 Å². The van der Waals surface area contributed by atoms with Crippen LogP contribution in [0, 0.1) is 0 Å². The maximum atomic E-state index is 10.6. The summed E-state index contributed by atoms with van der Waals surface area (Å²) in [6.45, 7) is 4.54. The van der Waals surface area contributed by atoms with E-state index in [1.807, 2.05) is 0 Å². The molecule has 0 aromatic heterocycles. The molecule has 2 nitrogen and oxygen atoms in total. The van der Waals surface area contributed by atoms with E-state index >= 15 is 0 Å². The fraction of sp³-hybridized carbons (Fsp3) is 0.958. The molecule has 2 heteroatoms. The number of hydrogen-bond acceptors (Lipinski definition) is 2. The van der Waals surface area contributed by atoms with Gasteiger partial charge in [0.2, 0.25) is 6.08 Å². The van der Waals surface area contributed by atoms with Crippen molar-refractivity contribution >= 4 is 6.08 Å². The lowest BCUT2D eigenvalue weighted by Crippen LogP contribution is -2.04. The molecule has 0 aromatic rings. The van der Waals surface area contributed by atoms with Gasteiger partial charge in [-0.1, -0.05) is 129 Å². The largest absolute Gasteiger partial charge is 0.235 e. The minimum Gasteiger partial charge on any atom is -0.211 e. The summed E-state index contributed by atoms with van der Waals surface area (Å²) in [6, 6.07) is 0.238. The topological polar surface area (TPSA) is 29.4 Å². The molecule has 0 amide bonds. The van der Waals surface area contributed by atoms with E-state index in [0.29, 0.717) is 0 Å². The van der Waals surface area contributed by atoms with Gasteiger partial charge in [-0.3, -0.25) is 0 Å². The second kappa shape index (κ2) is 22.4. The van der Waals surface area contributed by atoms with Crippen LogP contribution in [0.2, 0.25) is 0 Å². The zero-order valence-electron chi connectivity index (χ0n) is 18.1. The highest BCUT2D eigenvalue weighted by Gasteiger charge is 2.06. The van der Waals surface area contributed by atoms with Crippen LogP contribution < -0.4 is 0 Å². The minimum absolute atomic E-state index is 0.238. The molecule has 154 valence electrons. The fourth-order valence-corrected chi connectivity index (χ4v) is 3.73. The lowest BCUT2D eigenvalue weighted by atomic mass is 10.00. The van der Waals surface area contributed by atoms with E-state index in [1.165, 1.54) is 116 Å². The van der Waals surface area contributed by atoms with Crippen molar-refractivity contribution in [2.24, 2.45) is 4.99 Å².